The molecule has 0 radical (unpaired) electrons. The highest BCUT2D eigenvalue weighted by Crippen LogP contribution is 2.18. The number of carbonyl (C=O) groups excluding carboxylic acids is 2. The molecule has 0 spiro atoms. The molecule has 0 unspecified atom stereocenters. The van der Waals surface area contributed by atoms with Crippen molar-refractivity contribution >= 4 is 22.8 Å². The minimum atomic E-state index is -0.487. The fraction of sp³-hybridized carbons (Fsp3) is 0.200. The minimum absolute atomic E-state index is 0.457. The van der Waals surface area contributed by atoms with Crippen molar-refractivity contribution in [1.29, 1.82) is 0 Å². The topological polar surface area (TPSA) is 37.4 Å². The third kappa shape index (κ3) is 2.88. The Morgan fingerprint density at radius 3 is 2.21 bits per heavy atom. The number of thioether (sulfide) groups is 1. The molecule has 0 heterocycles. The van der Waals surface area contributed by atoms with E-state index in [1.54, 1.807) is 26.2 Å². The van der Waals surface area contributed by atoms with Gasteiger partial charge in [-0.25, -0.2) is 0 Å². The first kappa shape index (κ1) is 10.8. The Bertz CT molecular complexity index is 335. The van der Waals surface area contributed by atoms with Gasteiger partial charge in [0.1, 0.15) is 0 Å². The van der Waals surface area contributed by atoms with E-state index in [2.05, 4.69) is 0 Å². The lowest BCUT2D eigenvalue weighted by Crippen LogP contribution is -2.27. The predicted molar refractivity (Wildman–Crippen MR) is 56.0 cm³/mol. The Morgan fingerprint density at radius 2 is 1.71 bits per heavy atom. The Hall–Kier alpha value is -1.29. The molecule has 14 heavy (non-hydrogen) atoms. The number of likely N-dealkylation sites (N-methyl/N-ethyl adjacent to an activating group) is 1. The van der Waals surface area contributed by atoms with Gasteiger partial charge in [0.05, 0.1) is 0 Å². The van der Waals surface area contributed by atoms with Crippen LogP contribution in [0.25, 0.3) is 0 Å². The Morgan fingerprint density at radius 1 is 1.14 bits per heavy atom. The summed E-state index contributed by atoms with van der Waals surface area (Å²) in [6.45, 7) is 0. The summed E-state index contributed by atoms with van der Waals surface area (Å²) in [6.07, 6.45) is 0. The molecule has 1 amide bonds. The molecule has 1 aromatic carbocycles. The first-order valence-corrected chi connectivity index (χ1v) is 4.91. The van der Waals surface area contributed by atoms with Crippen LogP contribution in [-0.4, -0.2) is 30.0 Å². The molecule has 0 bridgehead atoms. The lowest BCUT2D eigenvalue weighted by molar-refractivity contribution is -0.138. The van der Waals surface area contributed by atoms with Crippen LogP contribution in [0.1, 0.15) is 0 Å². The van der Waals surface area contributed by atoms with Crippen LogP contribution in [0.4, 0.5) is 0 Å². The lowest BCUT2D eigenvalue weighted by atomic mass is 10.4. The maximum absolute atomic E-state index is 11.3. The van der Waals surface area contributed by atoms with Gasteiger partial charge >= 0.3 is 5.91 Å². The average molecular weight is 209 g/mol. The molecule has 0 aliphatic rings. The van der Waals surface area contributed by atoms with E-state index in [0.29, 0.717) is 0 Å². The molecule has 0 atom stereocenters. The molecule has 0 aliphatic heterocycles. The molecule has 0 fully saturated rings. The van der Waals surface area contributed by atoms with Crippen LogP contribution >= 0.6 is 11.8 Å². The van der Waals surface area contributed by atoms with E-state index in [1.807, 2.05) is 18.2 Å². The molecule has 0 saturated heterocycles. The zero-order valence-electron chi connectivity index (χ0n) is 8.06. The number of amides is 1. The van der Waals surface area contributed by atoms with Crippen LogP contribution in [0.5, 0.6) is 0 Å². The number of rotatable bonds is 1. The summed E-state index contributed by atoms with van der Waals surface area (Å²) in [5.41, 5.74) is 0. The van der Waals surface area contributed by atoms with Gasteiger partial charge in [-0.2, -0.15) is 0 Å². The molecular formula is C10H11NO2S. The highest BCUT2D eigenvalue weighted by molar-refractivity contribution is 8.15. The molecular weight excluding hydrogens is 198 g/mol. The fourth-order valence-electron chi connectivity index (χ4n) is 0.822. The highest BCUT2D eigenvalue weighted by Gasteiger charge is 2.16. The summed E-state index contributed by atoms with van der Waals surface area (Å²) in [5.74, 6) is -0.487. The van der Waals surface area contributed by atoms with Crippen molar-refractivity contribution in [2.45, 2.75) is 4.90 Å². The van der Waals surface area contributed by atoms with Crippen LogP contribution in [0, 0.1) is 0 Å². The molecule has 0 N–H and O–H groups in total. The molecule has 1 rings (SSSR count). The standard InChI is InChI=1S/C10H11NO2S/c1-11(2)9(12)10(13)14-8-6-4-3-5-7-8/h3-7H,1-2H3. The molecule has 0 saturated carbocycles. The largest absolute Gasteiger partial charge is 0.341 e. The second kappa shape index (κ2) is 4.81. The van der Waals surface area contributed by atoms with Gasteiger partial charge in [0, 0.05) is 19.0 Å². The van der Waals surface area contributed by atoms with Crippen molar-refractivity contribution < 1.29 is 9.59 Å². The van der Waals surface area contributed by atoms with Crippen molar-refractivity contribution in [1.82, 2.24) is 4.90 Å². The summed E-state index contributed by atoms with van der Waals surface area (Å²) < 4.78 is 0. The van der Waals surface area contributed by atoms with Crippen LogP contribution in [0.3, 0.4) is 0 Å². The lowest BCUT2D eigenvalue weighted by Gasteiger charge is -2.07. The predicted octanol–water partition coefficient (Wildman–Crippen LogP) is 1.39. The summed E-state index contributed by atoms with van der Waals surface area (Å²) in [7, 11) is 3.12. The Labute approximate surface area is 87.1 Å². The van der Waals surface area contributed by atoms with Crippen LogP contribution in [0.15, 0.2) is 35.2 Å². The molecule has 4 heteroatoms. The normalized spacial score (nSPS) is 9.57. The summed E-state index contributed by atoms with van der Waals surface area (Å²) >= 11 is 0.950. The van der Waals surface area contributed by atoms with Crippen LogP contribution in [0.2, 0.25) is 0 Å². The molecule has 0 aliphatic carbocycles. The Kier molecular flexibility index (Phi) is 3.71. The van der Waals surface area contributed by atoms with Gasteiger partial charge in [-0.15, -0.1) is 0 Å². The number of benzene rings is 1. The maximum Gasteiger partial charge on any atom is 0.301 e. The second-order valence-corrected chi connectivity index (χ2v) is 3.95. The van der Waals surface area contributed by atoms with Crippen LogP contribution < -0.4 is 0 Å². The van der Waals surface area contributed by atoms with E-state index in [-0.39, 0.29) is 0 Å². The molecule has 74 valence electrons. The monoisotopic (exact) mass is 209 g/mol. The number of carbonyl (C=O) groups is 2. The first-order valence-electron chi connectivity index (χ1n) is 4.10. The van der Waals surface area contributed by atoms with Gasteiger partial charge in [-0.3, -0.25) is 9.59 Å². The van der Waals surface area contributed by atoms with Gasteiger partial charge in [-0.1, -0.05) is 18.2 Å². The molecule has 0 aromatic heterocycles. The van der Waals surface area contributed by atoms with Crippen molar-refractivity contribution in [3.05, 3.63) is 30.3 Å². The van der Waals surface area contributed by atoms with E-state index < -0.39 is 11.0 Å². The number of hydrogen-bond donors (Lipinski definition) is 0. The van der Waals surface area contributed by atoms with Gasteiger partial charge in [-0.05, 0) is 23.9 Å². The van der Waals surface area contributed by atoms with Gasteiger partial charge in [0.15, 0.2) is 0 Å². The van der Waals surface area contributed by atoms with Gasteiger partial charge < -0.3 is 4.90 Å². The highest BCUT2D eigenvalue weighted by atomic mass is 32.2. The van der Waals surface area contributed by atoms with Crippen molar-refractivity contribution in [2.75, 3.05) is 14.1 Å². The SMILES string of the molecule is CN(C)C(=O)C(=O)Sc1ccccc1. The average Bonchev–Trinajstić information content (AvgIpc) is 2.18. The van der Waals surface area contributed by atoms with E-state index in [1.165, 1.54) is 4.90 Å². The van der Waals surface area contributed by atoms with Gasteiger partial charge in [0.25, 0.3) is 5.12 Å². The summed E-state index contributed by atoms with van der Waals surface area (Å²) in [4.78, 5) is 24.6. The second-order valence-electron chi connectivity index (χ2n) is 2.90. The third-order valence-electron chi connectivity index (χ3n) is 1.53. The van der Waals surface area contributed by atoms with Crippen molar-refractivity contribution in [2.24, 2.45) is 0 Å². The van der Waals surface area contributed by atoms with Crippen molar-refractivity contribution in [3.8, 4) is 0 Å². The molecule has 1 aromatic rings. The van der Waals surface area contributed by atoms with E-state index in [0.717, 1.165) is 16.7 Å². The number of hydrogen-bond acceptors (Lipinski definition) is 3. The quantitative estimate of drug-likeness (QED) is 0.518. The first-order chi connectivity index (χ1) is 6.61. The van der Waals surface area contributed by atoms with E-state index in [9.17, 15) is 9.59 Å². The minimum Gasteiger partial charge on any atom is -0.341 e. The van der Waals surface area contributed by atoms with Crippen molar-refractivity contribution in [3.63, 3.8) is 0 Å². The summed E-state index contributed by atoms with van der Waals surface area (Å²) in [5, 5.41) is -0.457. The van der Waals surface area contributed by atoms with Crippen LogP contribution in [-0.2, 0) is 9.59 Å². The zero-order valence-corrected chi connectivity index (χ0v) is 8.88. The maximum atomic E-state index is 11.3. The van der Waals surface area contributed by atoms with Gasteiger partial charge in [0.2, 0.25) is 0 Å². The smallest absolute Gasteiger partial charge is 0.301 e. The summed E-state index contributed by atoms with van der Waals surface area (Å²) in [6, 6.07) is 9.12. The van der Waals surface area contributed by atoms with E-state index >= 15 is 0 Å². The molecule has 3 nitrogen and oxygen atoms in total. The Balaban J connectivity index is 2.63. The third-order valence-corrected chi connectivity index (χ3v) is 2.40. The fourth-order valence-corrected chi connectivity index (χ4v) is 1.60. The number of nitrogens with zero attached hydrogens (tertiary/aromatic N) is 1. The van der Waals surface area contributed by atoms with E-state index in [4.69, 9.17) is 0 Å². The zero-order chi connectivity index (χ0) is 10.6.